The first-order chi connectivity index (χ1) is 6.76. The molecule has 0 radical (unpaired) electrons. The Hall–Kier alpha value is -0.710. The van der Waals surface area contributed by atoms with Gasteiger partial charge >= 0.3 is 0 Å². The number of rotatable bonds is 4. The molecular weight excluding hydrogens is 232 g/mol. The van der Waals surface area contributed by atoms with Crippen molar-refractivity contribution in [1.82, 2.24) is 5.32 Å². The molecule has 0 heterocycles. The first kappa shape index (κ1) is 14.3. The van der Waals surface area contributed by atoms with Gasteiger partial charge in [0.15, 0.2) is 0 Å². The third-order valence-electron chi connectivity index (χ3n) is 1.71. The van der Waals surface area contributed by atoms with Crippen molar-refractivity contribution in [2.24, 2.45) is 0 Å². The van der Waals surface area contributed by atoms with Gasteiger partial charge in [-0.25, -0.2) is 0 Å². The summed E-state index contributed by atoms with van der Waals surface area (Å²) in [5.41, 5.74) is 0.836. The molecule has 2 N–H and O–H groups in total. The fourth-order valence-electron chi connectivity index (χ4n) is 1.04. The van der Waals surface area contributed by atoms with Gasteiger partial charge < -0.3 is 10.6 Å². The molecule has 0 saturated carbocycles. The molecule has 0 aromatic heterocycles. The summed E-state index contributed by atoms with van der Waals surface area (Å²) in [4.78, 5) is 12.4. The lowest BCUT2D eigenvalue weighted by atomic mass is 10.3. The van der Waals surface area contributed by atoms with E-state index in [0.717, 1.165) is 5.69 Å². The Morgan fingerprint density at radius 2 is 1.93 bits per heavy atom. The number of halogens is 1. The van der Waals surface area contributed by atoms with E-state index in [4.69, 9.17) is 0 Å². The third kappa shape index (κ3) is 5.06. The standard InChI is InChI=1S/C10H14N2OS.ClH/c1-11-7-10(13)12-8-3-5-9(14-2)6-4-8;/h3-6,11H,7H2,1-2H3,(H,12,13);1H. The largest absolute Gasteiger partial charge is 0.325 e. The number of hydrogen-bond donors (Lipinski definition) is 2. The van der Waals surface area contributed by atoms with E-state index in [1.165, 1.54) is 4.90 Å². The second kappa shape index (κ2) is 7.56. The maximum Gasteiger partial charge on any atom is 0.238 e. The van der Waals surface area contributed by atoms with Crippen LogP contribution in [-0.4, -0.2) is 25.8 Å². The van der Waals surface area contributed by atoms with Crippen LogP contribution in [0.25, 0.3) is 0 Å². The van der Waals surface area contributed by atoms with Crippen LogP contribution in [0.3, 0.4) is 0 Å². The van der Waals surface area contributed by atoms with E-state index in [2.05, 4.69) is 10.6 Å². The minimum absolute atomic E-state index is 0. The summed E-state index contributed by atoms with van der Waals surface area (Å²) in [6, 6.07) is 7.78. The average Bonchev–Trinajstić information content (AvgIpc) is 2.19. The monoisotopic (exact) mass is 246 g/mol. The number of likely N-dealkylation sites (N-methyl/N-ethyl adjacent to an activating group) is 1. The normalized spacial score (nSPS) is 9.20. The maximum atomic E-state index is 11.2. The van der Waals surface area contributed by atoms with Crippen molar-refractivity contribution in [2.75, 3.05) is 25.2 Å². The molecule has 0 saturated heterocycles. The number of carbonyl (C=O) groups is 1. The maximum absolute atomic E-state index is 11.2. The molecule has 0 aliphatic rings. The summed E-state index contributed by atoms with van der Waals surface area (Å²) >= 11 is 1.68. The van der Waals surface area contributed by atoms with Crippen LogP contribution >= 0.6 is 24.2 Å². The molecule has 84 valence electrons. The average molecular weight is 247 g/mol. The lowest BCUT2D eigenvalue weighted by Crippen LogP contribution is -2.24. The Balaban J connectivity index is 0.00000196. The minimum atomic E-state index is -0.0237. The van der Waals surface area contributed by atoms with E-state index in [-0.39, 0.29) is 18.3 Å². The molecule has 0 spiro atoms. The minimum Gasteiger partial charge on any atom is -0.325 e. The molecule has 0 bridgehead atoms. The van der Waals surface area contributed by atoms with Gasteiger partial charge in [0.25, 0.3) is 0 Å². The number of hydrogen-bond acceptors (Lipinski definition) is 3. The third-order valence-corrected chi connectivity index (χ3v) is 2.45. The van der Waals surface area contributed by atoms with Crippen LogP contribution in [0, 0.1) is 0 Å². The molecule has 0 atom stereocenters. The molecule has 0 unspecified atom stereocenters. The fourth-order valence-corrected chi connectivity index (χ4v) is 1.45. The summed E-state index contributed by atoms with van der Waals surface area (Å²) in [5, 5.41) is 5.58. The van der Waals surface area contributed by atoms with Gasteiger partial charge in [-0.15, -0.1) is 24.2 Å². The van der Waals surface area contributed by atoms with E-state index < -0.39 is 0 Å². The molecule has 3 nitrogen and oxygen atoms in total. The summed E-state index contributed by atoms with van der Waals surface area (Å²) in [5.74, 6) is -0.0237. The second-order valence-corrected chi connectivity index (χ2v) is 3.69. The number of carbonyl (C=O) groups excluding carboxylic acids is 1. The van der Waals surface area contributed by atoms with Gasteiger partial charge in [0.2, 0.25) is 5.91 Å². The van der Waals surface area contributed by atoms with Crippen LogP contribution < -0.4 is 10.6 Å². The molecule has 1 aromatic carbocycles. The van der Waals surface area contributed by atoms with Crippen molar-refractivity contribution in [3.63, 3.8) is 0 Å². The lowest BCUT2D eigenvalue weighted by molar-refractivity contribution is -0.115. The van der Waals surface area contributed by atoms with Gasteiger partial charge in [0, 0.05) is 10.6 Å². The van der Waals surface area contributed by atoms with Crippen molar-refractivity contribution in [1.29, 1.82) is 0 Å². The molecule has 15 heavy (non-hydrogen) atoms. The Morgan fingerprint density at radius 1 is 1.33 bits per heavy atom. The SMILES string of the molecule is CNCC(=O)Nc1ccc(SC)cc1.Cl. The number of thioether (sulfide) groups is 1. The van der Waals surface area contributed by atoms with Gasteiger partial charge in [-0.3, -0.25) is 4.79 Å². The summed E-state index contributed by atoms with van der Waals surface area (Å²) in [6.07, 6.45) is 2.02. The first-order valence-electron chi connectivity index (χ1n) is 4.34. The molecule has 0 aliphatic heterocycles. The predicted octanol–water partition coefficient (Wildman–Crippen LogP) is 1.99. The summed E-state index contributed by atoms with van der Waals surface area (Å²) in [6.45, 7) is 0.338. The highest BCUT2D eigenvalue weighted by Gasteiger charge is 1.99. The Labute approximate surface area is 100 Å². The van der Waals surface area contributed by atoms with Crippen molar-refractivity contribution in [3.8, 4) is 0 Å². The zero-order valence-electron chi connectivity index (χ0n) is 8.74. The van der Waals surface area contributed by atoms with Crippen molar-refractivity contribution < 1.29 is 4.79 Å². The van der Waals surface area contributed by atoms with Gasteiger partial charge in [-0.05, 0) is 37.6 Å². The molecule has 1 amide bonds. The number of amides is 1. The van der Waals surface area contributed by atoms with E-state index in [0.29, 0.717) is 6.54 Å². The van der Waals surface area contributed by atoms with Crippen LogP contribution in [0.4, 0.5) is 5.69 Å². The number of nitrogens with one attached hydrogen (secondary N) is 2. The van der Waals surface area contributed by atoms with Gasteiger partial charge in [0.1, 0.15) is 0 Å². The molecule has 1 rings (SSSR count). The van der Waals surface area contributed by atoms with Gasteiger partial charge in [-0.2, -0.15) is 0 Å². The number of anilines is 1. The van der Waals surface area contributed by atoms with Gasteiger partial charge in [0.05, 0.1) is 6.54 Å². The van der Waals surface area contributed by atoms with Crippen LogP contribution in [0.1, 0.15) is 0 Å². The topological polar surface area (TPSA) is 41.1 Å². The van der Waals surface area contributed by atoms with E-state index in [1.54, 1.807) is 18.8 Å². The Morgan fingerprint density at radius 3 is 2.40 bits per heavy atom. The number of benzene rings is 1. The molecule has 1 aromatic rings. The molecular formula is C10H15ClN2OS. The fraction of sp³-hybridized carbons (Fsp3) is 0.300. The smallest absolute Gasteiger partial charge is 0.238 e. The molecule has 0 fully saturated rings. The Bertz CT molecular complexity index is 303. The lowest BCUT2D eigenvalue weighted by Gasteiger charge is -2.04. The van der Waals surface area contributed by atoms with E-state index >= 15 is 0 Å². The zero-order chi connectivity index (χ0) is 10.4. The van der Waals surface area contributed by atoms with Crippen LogP contribution in [-0.2, 0) is 4.79 Å². The highest BCUT2D eigenvalue weighted by molar-refractivity contribution is 7.98. The molecule has 5 heteroatoms. The second-order valence-electron chi connectivity index (χ2n) is 2.81. The van der Waals surface area contributed by atoms with E-state index in [1.807, 2.05) is 30.5 Å². The van der Waals surface area contributed by atoms with Gasteiger partial charge in [-0.1, -0.05) is 0 Å². The van der Waals surface area contributed by atoms with E-state index in [9.17, 15) is 4.79 Å². The zero-order valence-corrected chi connectivity index (χ0v) is 10.4. The highest BCUT2D eigenvalue weighted by atomic mass is 35.5. The van der Waals surface area contributed by atoms with Crippen LogP contribution in [0.2, 0.25) is 0 Å². The summed E-state index contributed by atoms with van der Waals surface area (Å²) in [7, 11) is 1.75. The van der Waals surface area contributed by atoms with Crippen molar-refractivity contribution >= 4 is 35.8 Å². The van der Waals surface area contributed by atoms with Crippen LogP contribution in [0.15, 0.2) is 29.2 Å². The molecule has 0 aliphatic carbocycles. The highest BCUT2D eigenvalue weighted by Crippen LogP contribution is 2.17. The summed E-state index contributed by atoms with van der Waals surface area (Å²) < 4.78 is 0. The van der Waals surface area contributed by atoms with Crippen molar-refractivity contribution in [3.05, 3.63) is 24.3 Å². The van der Waals surface area contributed by atoms with Crippen LogP contribution in [0.5, 0.6) is 0 Å². The first-order valence-corrected chi connectivity index (χ1v) is 5.57. The quantitative estimate of drug-likeness (QED) is 0.799. The predicted molar refractivity (Wildman–Crippen MR) is 68.0 cm³/mol. The Kier molecular flexibility index (Phi) is 7.21. The van der Waals surface area contributed by atoms with Crippen molar-refractivity contribution in [2.45, 2.75) is 4.90 Å².